The van der Waals surface area contributed by atoms with E-state index in [0.717, 1.165) is 18.7 Å². The molecule has 3 nitrogen and oxygen atoms in total. The summed E-state index contributed by atoms with van der Waals surface area (Å²) in [6, 6.07) is 0.570. The Morgan fingerprint density at radius 1 is 1.40 bits per heavy atom. The standard InChI is InChI=1S/C11H20N2OS/c1-13(9-5-7-15-8-9)11(14)10-4-2-3-6-12-10/h9-10,12H,2-8H2,1H3/t9?,10-/m1/s1. The van der Waals surface area contributed by atoms with E-state index in [1.807, 2.05) is 23.7 Å². The Kier molecular flexibility index (Phi) is 3.92. The molecular formula is C11H20N2OS. The molecule has 0 spiro atoms. The summed E-state index contributed by atoms with van der Waals surface area (Å²) < 4.78 is 0. The number of nitrogens with one attached hydrogen (secondary N) is 1. The molecule has 2 aliphatic heterocycles. The van der Waals surface area contributed by atoms with Gasteiger partial charge in [-0.15, -0.1) is 0 Å². The van der Waals surface area contributed by atoms with Crippen LogP contribution in [0.4, 0.5) is 0 Å². The van der Waals surface area contributed by atoms with E-state index in [9.17, 15) is 4.79 Å². The Labute approximate surface area is 96.0 Å². The first-order chi connectivity index (χ1) is 7.29. The summed E-state index contributed by atoms with van der Waals surface area (Å²) in [6.45, 7) is 1.00. The van der Waals surface area contributed by atoms with E-state index < -0.39 is 0 Å². The van der Waals surface area contributed by atoms with Crippen LogP contribution in [0.2, 0.25) is 0 Å². The van der Waals surface area contributed by atoms with Gasteiger partial charge in [0, 0.05) is 18.8 Å². The van der Waals surface area contributed by atoms with Crippen LogP contribution in [0.3, 0.4) is 0 Å². The number of hydrogen-bond acceptors (Lipinski definition) is 3. The largest absolute Gasteiger partial charge is 0.341 e. The molecule has 0 aliphatic carbocycles. The molecule has 2 saturated heterocycles. The van der Waals surface area contributed by atoms with Gasteiger partial charge in [-0.3, -0.25) is 4.79 Å². The van der Waals surface area contributed by atoms with Gasteiger partial charge in [0.15, 0.2) is 0 Å². The van der Waals surface area contributed by atoms with Crippen molar-refractivity contribution < 1.29 is 4.79 Å². The van der Waals surface area contributed by atoms with Gasteiger partial charge in [-0.25, -0.2) is 0 Å². The van der Waals surface area contributed by atoms with E-state index in [4.69, 9.17) is 0 Å². The van der Waals surface area contributed by atoms with Crippen molar-refractivity contribution in [3.63, 3.8) is 0 Å². The van der Waals surface area contributed by atoms with Gasteiger partial charge in [0.2, 0.25) is 5.91 Å². The highest BCUT2D eigenvalue weighted by atomic mass is 32.2. The number of nitrogens with zero attached hydrogens (tertiary/aromatic N) is 1. The summed E-state index contributed by atoms with van der Waals surface area (Å²) in [6.07, 6.45) is 4.59. The molecule has 15 heavy (non-hydrogen) atoms. The lowest BCUT2D eigenvalue weighted by Crippen LogP contribution is -2.50. The minimum atomic E-state index is 0.0920. The molecule has 0 saturated carbocycles. The average Bonchev–Trinajstić information content (AvgIpc) is 2.82. The van der Waals surface area contributed by atoms with E-state index in [2.05, 4.69) is 5.32 Å². The molecule has 86 valence electrons. The molecule has 1 unspecified atom stereocenters. The van der Waals surface area contributed by atoms with Crippen LogP contribution < -0.4 is 5.32 Å². The van der Waals surface area contributed by atoms with E-state index >= 15 is 0 Å². The number of carbonyl (C=O) groups excluding carboxylic acids is 1. The minimum absolute atomic E-state index is 0.0920. The number of likely N-dealkylation sites (N-methyl/N-ethyl adjacent to an activating group) is 1. The Bertz CT molecular complexity index is 223. The van der Waals surface area contributed by atoms with Crippen molar-refractivity contribution >= 4 is 17.7 Å². The van der Waals surface area contributed by atoms with Gasteiger partial charge in [-0.05, 0) is 31.6 Å². The van der Waals surface area contributed by atoms with Crippen LogP contribution in [0.5, 0.6) is 0 Å². The number of hydrogen-bond donors (Lipinski definition) is 1. The second kappa shape index (κ2) is 5.21. The highest BCUT2D eigenvalue weighted by molar-refractivity contribution is 7.99. The lowest BCUT2D eigenvalue weighted by Gasteiger charge is -2.30. The lowest BCUT2D eigenvalue weighted by molar-refractivity contribution is -0.134. The van der Waals surface area contributed by atoms with Crippen molar-refractivity contribution in [1.29, 1.82) is 0 Å². The first-order valence-electron chi connectivity index (χ1n) is 5.87. The van der Waals surface area contributed by atoms with E-state index in [-0.39, 0.29) is 6.04 Å². The summed E-state index contributed by atoms with van der Waals surface area (Å²) in [5.41, 5.74) is 0. The van der Waals surface area contributed by atoms with Crippen molar-refractivity contribution in [2.24, 2.45) is 0 Å². The molecule has 0 bridgehead atoms. The molecule has 0 aromatic heterocycles. The van der Waals surface area contributed by atoms with E-state index in [1.54, 1.807) is 0 Å². The fraction of sp³-hybridized carbons (Fsp3) is 0.909. The molecule has 0 aromatic carbocycles. The molecular weight excluding hydrogens is 208 g/mol. The molecule has 2 aliphatic rings. The number of rotatable bonds is 2. The predicted molar refractivity (Wildman–Crippen MR) is 64.1 cm³/mol. The molecule has 1 N–H and O–H groups in total. The highest BCUT2D eigenvalue weighted by Crippen LogP contribution is 2.22. The van der Waals surface area contributed by atoms with Crippen LogP contribution in [-0.2, 0) is 4.79 Å². The number of carbonyl (C=O) groups is 1. The Hall–Kier alpha value is -0.220. The Morgan fingerprint density at radius 3 is 2.87 bits per heavy atom. The third kappa shape index (κ3) is 2.67. The molecule has 2 fully saturated rings. The van der Waals surface area contributed by atoms with Crippen LogP contribution in [0, 0.1) is 0 Å². The van der Waals surface area contributed by atoms with Gasteiger partial charge in [-0.1, -0.05) is 6.42 Å². The summed E-state index contributed by atoms with van der Waals surface area (Å²) >= 11 is 1.96. The van der Waals surface area contributed by atoms with Crippen molar-refractivity contribution in [2.45, 2.75) is 37.8 Å². The summed E-state index contributed by atoms with van der Waals surface area (Å²) in [7, 11) is 1.97. The molecule has 0 aromatic rings. The second-order valence-electron chi connectivity index (χ2n) is 4.47. The maximum absolute atomic E-state index is 12.1. The van der Waals surface area contributed by atoms with Gasteiger partial charge in [0.1, 0.15) is 0 Å². The Morgan fingerprint density at radius 2 is 2.27 bits per heavy atom. The van der Waals surface area contributed by atoms with Crippen LogP contribution in [0.1, 0.15) is 25.7 Å². The maximum atomic E-state index is 12.1. The Balaban J connectivity index is 1.87. The van der Waals surface area contributed by atoms with E-state index in [1.165, 1.54) is 25.0 Å². The maximum Gasteiger partial charge on any atom is 0.239 e. The zero-order valence-electron chi connectivity index (χ0n) is 9.37. The number of piperidine rings is 1. The van der Waals surface area contributed by atoms with Crippen molar-refractivity contribution in [3.8, 4) is 0 Å². The SMILES string of the molecule is CN(C(=O)[C@H]1CCCCN1)C1CCSC1. The summed E-state index contributed by atoms with van der Waals surface area (Å²) in [5, 5.41) is 3.33. The average molecular weight is 228 g/mol. The monoisotopic (exact) mass is 228 g/mol. The smallest absolute Gasteiger partial charge is 0.239 e. The van der Waals surface area contributed by atoms with Gasteiger partial charge in [-0.2, -0.15) is 11.8 Å². The van der Waals surface area contributed by atoms with Crippen molar-refractivity contribution in [3.05, 3.63) is 0 Å². The van der Waals surface area contributed by atoms with Crippen LogP contribution >= 0.6 is 11.8 Å². The van der Waals surface area contributed by atoms with Gasteiger partial charge in [0.05, 0.1) is 6.04 Å². The lowest BCUT2D eigenvalue weighted by atomic mass is 10.0. The van der Waals surface area contributed by atoms with Crippen LogP contribution in [0.15, 0.2) is 0 Å². The second-order valence-corrected chi connectivity index (χ2v) is 5.62. The molecule has 2 atom stereocenters. The first-order valence-corrected chi connectivity index (χ1v) is 7.02. The highest BCUT2D eigenvalue weighted by Gasteiger charge is 2.29. The molecule has 2 heterocycles. The van der Waals surface area contributed by atoms with E-state index in [0.29, 0.717) is 11.9 Å². The van der Waals surface area contributed by atoms with Gasteiger partial charge in [0.25, 0.3) is 0 Å². The predicted octanol–water partition coefficient (Wildman–Crippen LogP) is 1.09. The first kappa shape index (κ1) is 11.3. The third-order valence-electron chi connectivity index (χ3n) is 3.41. The number of thioether (sulfide) groups is 1. The minimum Gasteiger partial charge on any atom is -0.341 e. The van der Waals surface area contributed by atoms with Crippen molar-refractivity contribution in [1.82, 2.24) is 10.2 Å². The zero-order valence-corrected chi connectivity index (χ0v) is 10.2. The number of amides is 1. The molecule has 4 heteroatoms. The summed E-state index contributed by atoms with van der Waals surface area (Å²) in [4.78, 5) is 14.1. The van der Waals surface area contributed by atoms with Gasteiger partial charge < -0.3 is 10.2 Å². The zero-order chi connectivity index (χ0) is 10.7. The molecule has 0 radical (unpaired) electrons. The fourth-order valence-electron chi connectivity index (χ4n) is 2.32. The fourth-order valence-corrected chi connectivity index (χ4v) is 3.58. The van der Waals surface area contributed by atoms with Gasteiger partial charge >= 0.3 is 0 Å². The van der Waals surface area contributed by atoms with Crippen molar-refractivity contribution in [2.75, 3.05) is 25.1 Å². The third-order valence-corrected chi connectivity index (χ3v) is 4.55. The summed E-state index contributed by atoms with van der Waals surface area (Å²) in [5.74, 6) is 2.64. The molecule has 2 rings (SSSR count). The quantitative estimate of drug-likeness (QED) is 0.768. The molecule has 1 amide bonds. The van der Waals surface area contributed by atoms with Crippen LogP contribution in [0.25, 0.3) is 0 Å². The topological polar surface area (TPSA) is 32.3 Å². The normalized spacial score (nSPS) is 31.5. The van der Waals surface area contributed by atoms with Crippen LogP contribution in [-0.4, -0.2) is 48.0 Å².